The molecule has 0 spiro atoms. The first-order chi connectivity index (χ1) is 18.6. The van der Waals surface area contributed by atoms with Crippen LogP contribution >= 0.6 is 0 Å². The number of rotatable bonds is 4. The van der Waals surface area contributed by atoms with Crippen molar-refractivity contribution >= 4 is 11.4 Å². The summed E-state index contributed by atoms with van der Waals surface area (Å²) >= 11 is 0. The number of aliphatic hydroxyl groups is 2. The lowest BCUT2D eigenvalue weighted by molar-refractivity contribution is 0.175. The Kier molecular flexibility index (Phi) is 6.23. The maximum atomic E-state index is 9.71. The molecule has 6 aliphatic rings. The second-order valence-corrected chi connectivity index (χ2v) is 12.6. The van der Waals surface area contributed by atoms with Crippen LogP contribution in [0.15, 0.2) is 36.4 Å². The third-order valence-corrected chi connectivity index (χ3v) is 11.2. The summed E-state index contributed by atoms with van der Waals surface area (Å²) in [5, 5.41) is 26.5. The van der Waals surface area contributed by atoms with Crippen molar-refractivity contribution in [3.63, 3.8) is 0 Å². The summed E-state index contributed by atoms with van der Waals surface area (Å²) in [7, 11) is 3.46. The Bertz CT molecular complexity index is 1090. The van der Waals surface area contributed by atoms with Crippen LogP contribution in [0.3, 0.4) is 0 Å². The van der Waals surface area contributed by atoms with Crippen molar-refractivity contribution in [2.75, 3.05) is 38.1 Å². The fourth-order valence-electron chi connectivity index (χ4n) is 9.83. The first kappa shape index (κ1) is 24.6. The molecule has 4 saturated carbocycles. The standard InChI is InChI=1S/2C16H21NO2/c2*1-19-11-4-5-13-12(7-11)15-9-2-3-10(6-9)16(15)14(8-18)17-13/h2*4-5,7,9-10,14-18H,2-3,6,8H2,1H3/t2*9-,10+,14+,15-,16+/m11/s1. The topological polar surface area (TPSA) is 83.0 Å². The number of anilines is 2. The number of nitrogens with one attached hydrogen (secondary N) is 2. The molecule has 2 heterocycles. The van der Waals surface area contributed by atoms with Gasteiger partial charge < -0.3 is 30.3 Å². The SMILES string of the molecule is COc1ccc2c(c1)[C@H]1[C@@H]3CC[C@@H](C3)[C@H]1[C@H](CO)N2.COc1ccc2c(c1)[C@H]1[C@@H]3CC[C@@H](C3)[C@H]1[C@H](CO)N2. The van der Waals surface area contributed by atoms with Gasteiger partial charge in [0.2, 0.25) is 0 Å². The lowest BCUT2D eigenvalue weighted by atomic mass is 9.69. The summed E-state index contributed by atoms with van der Waals surface area (Å²) < 4.78 is 10.8. The minimum absolute atomic E-state index is 0.237. The number of benzene rings is 2. The molecular weight excluding hydrogens is 476 g/mol. The summed E-state index contributed by atoms with van der Waals surface area (Å²) in [5.41, 5.74) is 5.24. The molecule has 4 bridgehead atoms. The Balaban J connectivity index is 0.000000127. The van der Waals surface area contributed by atoms with Crippen molar-refractivity contribution in [1.29, 1.82) is 0 Å². The molecule has 4 fully saturated rings. The molecular formula is C32H42N2O4. The van der Waals surface area contributed by atoms with E-state index in [9.17, 15) is 10.2 Å². The normalized spacial score (nSPS) is 38.5. The highest BCUT2D eigenvalue weighted by Gasteiger charge is 2.54. The van der Waals surface area contributed by atoms with Gasteiger partial charge in [-0.2, -0.15) is 0 Å². The van der Waals surface area contributed by atoms with Crippen molar-refractivity contribution in [2.24, 2.45) is 35.5 Å². The summed E-state index contributed by atoms with van der Waals surface area (Å²) in [6, 6.07) is 13.1. The predicted molar refractivity (Wildman–Crippen MR) is 149 cm³/mol. The molecule has 8 rings (SSSR count). The first-order valence-electron chi connectivity index (χ1n) is 14.7. The van der Waals surface area contributed by atoms with Gasteiger partial charge in [-0.3, -0.25) is 0 Å². The third-order valence-electron chi connectivity index (χ3n) is 11.2. The zero-order valence-electron chi connectivity index (χ0n) is 22.6. The fraction of sp³-hybridized carbons (Fsp3) is 0.625. The Morgan fingerprint density at radius 3 is 1.47 bits per heavy atom. The maximum Gasteiger partial charge on any atom is 0.119 e. The second kappa shape index (κ2) is 9.63. The van der Waals surface area contributed by atoms with Gasteiger partial charge in [0.25, 0.3) is 0 Å². The molecule has 2 aromatic carbocycles. The summed E-state index contributed by atoms with van der Waals surface area (Å²) in [4.78, 5) is 0. The van der Waals surface area contributed by atoms with Gasteiger partial charge in [0, 0.05) is 11.4 Å². The van der Waals surface area contributed by atoms with Crippen LogP contribution in [0.5, 0.6) is 11.5 Å². The van der Waals surface area contributed by atoms with Crippen molar-refractivity contribution in [3.8, 4) is 11.5 Å². The fourth-order valence-corrected chi connectivity index (χ4v) is 9.83. The summed E-state index contributed by atoms with van der Waals surface area (Å²) in [6.07, 6.45) is 8.13. The molecule has 2 aromatic rings. The van der Waals surface area contributed by atoms with E-state index in [1.165, 1.54) is 61.0 Å². The molecule has 0 saturated heterocycles. The van der Waals surface area contributed by atoms with Crippen LogP contribution in [0.25, 0.3) is 0 Å². The van der Waals surface area contributed by atoms with Gasteiger partial charge >= 0.3 is 0 Å². The van der Waals surface area contributed by atoms with E-state index in [0.29, 0.717) is 23.7 Å². The Hall–Kier alpha value is -2.44. The van der Waals surface area contributed by atoms with E-state index in [0.717, 1.165) is 35.2 Å². The lowest BCUT2D eigenvalue weighted by Crippen LogP contribution is -2.43. The van der Waals surface area contributed by atoms with Crippen LogP contribution in [0.4, 0.5) is 11.4 Å². The van der Waals surface area contributed by atoms with Crippen LogP contribution in [0.2, 0.25) is 0 Å². The molecule has 2 aliphatic heterocycles. The molecule has 0 radical (unpaired) electrons. The summed E-state index contributed by atoms with van der Waals surface area (Å²) in [6.45, 7) is 0.492. The Labute approximate surface area is 226 Å². The van der Waals surface area contributed by atoms with E-state index in [-0.39, 0.29) is 25.3 Å². The van der Waals surface area contributed by atoms with Crippen molar-refractivity contribution < 1.29 is 19.7 Å². The summed E-state index contributed by atoms with van der Waals surface area (Å²) in [5.74, 6) is 7.62. The zero-order chi connectivity index (χ0) is 26.0. The van der Waals surface area contributed by atoms with Crippen LogP contribution in [0, 0.1) is 35.5 Å². The zero-order valence-corrected chi connectivity index (χ0v) is 22.6. The van der Waals surface area contributed by atoms with Crippen LogP contribution in [0.1, 0.15) is 61.5 Å². The predicted octanol–water partition coefficient (Wildman–Crippen LogP) is 5.22. The second-order valence-electron chi connectivity index (χ2n) is 12.6. The van der Waals surface area contributed by atoms with Gasteiger partial charge in [0.15, 0.2) is 0 Å². The molecule has 10 atom stereocenters. The number of fused-ring (bicyclic) bond motifs is 14. The number of methoxy groups -OCH3 is 2. The average Bonchev–Trinajstić information content (AvgIpc) is 3.78. The average molecular weight is 519 g/mol. The van der Waals surface area contributed by atoms with Gasteiger partial charge in [-0.05, 0) is 133 Å². The van der Waals surface area contributed by atoms with Crippen molar-refractivity contribution in [1.82, 2.24) is 0 Å². The van der Waals surface area contributed by atoms with E-state index in [1.54, 1.807) is 14.2 Å². The molecule has 0 amide bonds. The molecule has 4 aliphatic carbocycles. The highest BCUT2D eigenvalue weighted by molar-refractivity contribution is 5.61. The quantitative estimate of drug-likeness (QED) is 0.444. The van der Waals surface area contributed by atoms with Crippen LogP contribution in [-0.4, -0.2) is 49.7 Å². The third kappa shape index (κ3) is 3.74. The largest absolute Gasteiger partial charge is 0.497 e. The van der Waals surface area contributed by atoms with E-state index in [4.69, 9.17) is 9.47 Å². The van der Waals surface area contributed by atoms with E-state index in [2.05, 4.69) is 34.9 Å². The molecule has 4 N–H and O–H groups in total. The molecule has 6 heteroatoms. The minimum atomic E-state index is 0.237. The molecule has 204 valence electrons. The van der Waals surface area contributed by atoms with E-state index >= 15 is 0 Å². The van der Waals surface area contributed by atoms with Gasteiger partial charge in [0.1, 0.15) is 11.5 Å². The van der Waals surface area contributed by atoms with E-state index < -0.39 is 0 Å². The number of ether oxygens (including phenoxy) is 2. The van der Waals surface area contributed by atoms with Gasteiger partial charge in [-0.25, -0.2) is 0 Å². The van der Waals surface area contributed by atoms with E-state index in [1.807, 2.05) is 12.1 Å². The number of aliphatic hydroxyl groups excluding tert-OH is 2. The molecule has 38 heavy (non-hydrogen) atoms. The van der Waals surface area contributed by atoms with Crippen LogP contribution < -0.4 is 20.1 Å². The van der Waals surface area contributed by atoms with Crippen molar-refractivity contribution in [3.05, 3.63) is 47.5 Å². The van der Waals surface area contributed by atoms with Gasteiger partial charge in [-0.1, -0.05) is 0 Å². The monoisotopic (exact) mass is 518 g/mol. The lowest BCUT2D eigenvalue weighted by Gasteiger charge is -2.42. The smallest absolute Gasteiger partial charge is 0.119 e. The first-order valence-corrected chi connectivity index (χ1v) is 14.7. The van der Waals surface area contributed by atoms with Gasteiger partial charge in [0.05, 0.1) is 39.5 Å². The molecule has 6 nitrogen and oxygen atoms in total. The van der Waals surface area contributed by atoms with Crippen molar-refractivity contribution in [2.45, 2.75) is 62.4 Å². The number of hydrogen-bond acceptors (Lipinski definition) is 6. The van der Waals surface area contributed by atoms with Gasteiger partial charge in [-0.15, -0.1) is 0 Å². The Morgan fingerprint density at radius 2 is 1.08 bits per heavy atom. The Morgan fingerprint density at radius 1 is 0.658 bits per heavy atom. The highest BCUT2D eigenvalue weighted by Crippen LogP contribution is 2.62. The highest BCUT2D eigenvalue weighted by atomic mass is 16.5. The number of hydrogen-bond donors (Lipinski definition) is 4. The minimum Gasteiger partial charge on any atom is -0.497 e. The molecule has 0 unspecified atom stereocenters. The molecule has 0 aromatic heterocycles. The maximum absolute atomic E-state index is 9.71. The van der Waals surface area contributed by atoms with Crippen LogP contribution in [-0.2, 0) is 0 Å².